The maximum atomic E-state index is 2.46. The first-order valence-electron chi connectivity index (χ1n) is 6.45. The number of rotatable bonds is 0. The van der Waals surface area contributed by atoms with E-state index in [0.29, 0.717) is 0 Å². The van der Waals surface area contributed by atoms with Crippen LogP contribution in [0.3, 0.4) is 0 Å². The monoisotopic (exact) mass is 235 g/mol. The van der Waals surface area contributed by atoms with Crippen LogP contribution in [0.15, 0.2) is 22.3 Å². The summed E-state index contributed by atoms with van der Waals surface area (Å²) in [7, 11) is 0. The van der Waals surface area contributed by atoms with Crippen molar-refractivity contribution in [2.75, 3.05) is 0 Å². The number of hydrogen-bond donors (Lipinski definition) is 0. The average Bonchev–Trinajstić information content (AvgIpc) is 2.55. The Hall–Kier alpha value is 0.194. The van der Waals surface area contributed by atoms with Crippen LogP contribution < -0.4 is 0 Å². The van der Waals surface area contributed by atoms with Crippen molar-refractivity contribution in [1.29, 1.82) is 0 Å². The Labute approximate surface area is 105 Å². The van der Waals surface area contributed by atoms with E-state index < -0.39 is 0 Å². The molecule has 0 amide bonds. The second kappa shape index (κ2) is 3.89. The Morgan fingerprint density at radius 1 is 1.00 bits per heavy atom. The van der Waals surface area contributed by atoms with Crippen molar-refractivity contribution >= 4 is 0 Å². The van der Waals surface area contributed by atoms with Gasteiger partial charge in [0.05, 0.1) is 0 Å². The van der Waals surface area contributed by atoms with Crippen LogP contribution in [0, 0.1) is 5.92 Å². The van der Waals surface area contributed by atoms with Crippen LogP contribution in [0.25, 0.3) is 0 Å². The van der Waals surface area contributed by atoms with Crippen LogP contribution in [0.1, 0.15) is 51.9 Å². The summed E-state index contributed by atoms with van der Waals surface area (Å²) >= 11 is 2.45. The molecule has 3 rings (SSSR count). The van der Waals surface area contributed by atoms with Gasteiger partial charge in [-0.1, -0.05) is 0 Å². The van der Waals surface area contributed by atoms with Gasteiger partial charge in [0.25, 0.3) is 0 Å². The fourth-order valence-corrected chi connectivity index (χ4v) is 4.80. The van der Waals surface area contributed by atoms with Crippen LogP contribution in [-0.4, -0.2) is 0 Å². The zero-order valence-corrected chi connectivity index (χ0v) is 11.2. The molecule has 0 nitrogen and oxygen atoms in total. The van der Waals surface area contributed by atoms with Crippen LogP contribution >= 0.6 is 0 Å². The molecule has 15 heavy (non-hydrogen) atoms. The molecule has 0 spiro atoms. The first-order valence-corrected chi connectivity index (χ1v) is 7.35. The molecular weight excluding hydrogens is 216 g/mol. The predicted molar refractivity (Wildman–Crippen MR) is 59.3 cm³/mol. The van der Waals surface area contributed by atoms with Gasteiger partial charge in [0.15, 0.2) is 0 Å². The van der Waals surface area contributed by atoms with E-state index >= 15 is 0 Å². The molecule has 0 radical (unpaired) electrons. The van der Waals surface area contributed by atoms with Crippen LogP contribution in [0.5, 0.6) is 0 Å². The summed E-state index contributed by atoms with van der Waals surface area (Å²) in [4.78, 5) is 0. The summed E-state index contributed by atoms with van der Waals surface area (Å²) in [5, 5.41) is 0. The molecular formula is C14H19Ti. The normalized spacial score (nSPS) is 35.5. The molecule has 0 aliphatic heterocycles. The second-order valence-corrected chi connectivity index (χ2v) is 6.40. The molecule has 2 unspecified atom stereocenters. The fourth-order valence-electron chi connectivity index (χ4n) is 3.82. The first kappa shape index (κ1) is 10.4. The Balaban J connectivity index is 2.04. The Morgan fingerprint density at radius 3 is 2.60 bits per heavy atom. The van der Waals surface area contributed by atoms with E-state index in [1.165, 1.54) is 44.9 Å². The van der Waals surface area contributed by atoms with Crippen molar-refractivity contribution in [3.63, 3.8) is 0 Å². The third-order valence-corrected chi connectivity index (χ3v) is 5.44. The predicted octanol–water partition coefficient (Wildman–Crippen LogP) is 4.32. The molecule has 0 aromatic carbocycles. The van der Waals surface area contributed by atoms with Gasteiger partial charge in [-0.25, -0.2) is 0 Å². The second-order valence-electron chi connectivity index (χ2n) is 5.31. The molecule has 0 saturated carbocycles. The SMILES string of the molecule is CC1C2=C(CCCC2)C2=C1[CH]([Ti])CCC2. The molecule has 0 N–H and O–H groups in total. The Morgan fingerprint density at radius 2 is 1.73 bits per heavy atom. The van der Waals surface area contributed by atoms with Crippen molar-refractivity contribution in [2.45, 2.75) is 56.1 Å². The average molecular weight is 235 g/mol. The summed E-state index contributed by atoms with van der Waals surface area (Å²) in [5.41, 5.74) is 7.30. The first-order chi connectivity index (χ1) is 7.29. The van der Waals surface area contributed by atoms with E-state index in [9.17, 15) is 0 Å². The molecule has 1 heteroatoms. The van der Waals surface area contributed by atoms with Gasteiger partial charge in [-0.2, -0.15) is 0 Å². The number of fused-ring (bicyclic) bond motifs is 1. The van der Waals surface area contributed by atoms with Gasteiger partial charge in [-0.3, -0.25) is 0 Å². The van der Waals surface area contributed by atoms with E-state index in [1.807, 2.05) is 22.3 Å². The zero-order chi connectivity index (χ0) is 10.4. The quantitative estimate of drug-likeness (QED) is 0.548. The van der Waals surface area contributed by atoms with Gasteiger partial charge < -0.3 is 0 Å². The summed E-state index contributed by atoms with van der Waals surface area (Å²) in [5.74, 6) is 0.811. The molecule has 0 bridgehead atoms. The van der Waals surface area contributed by atoms with Crippen LogP contribution in [0.2, 0.25) is 4.22 Å². The fraction of sp³-hybridized carbons (Fsp3) is 0.714. The number of hydrogen-bond acceptors (Lipinski definition) is 0. The molecule has 0 aromatic heterocycles. The van der Waals surface area contributed by atoms with Gasteiger partial charge in [0.1, 0.15) is 0 Å². The third kappa shape index (κ3) is 1.53. The topological polar surface area (TPSA) is 0 Å². The summed E-state index contributed by atoms with van der Waals surface area (Å²) < 4.78 is 0.870. The van der Waals surface area contributed by atoms with Gasteiger partial charge in [-0.05, 0) is 0 Å². The van der Waals surface area contributed by atoms with Crippen molar-refractivity contribution in [3.05, 3.63) is 22.3 Å². The minimum absolute atomic E-state index is 0.811. The summed E-state index contributed by atoms with van der Waals surface area (Å²) in [6, 6.07) is 0. The van der Waals surface area contributed by atoms with Gasteiger partial charge in [-0.15, -0.1) is 0 Å². The van der Waals surface area contributed by atoms with Crippen molar-refractivity contribution in [1.82, 2.24) is 0 Å². The standard InChI is InChI=1S/C14H19.Ti/c1-10-11-6-2-4-8-13(11)14-9-5-3-7-12(10)14;/h6,10H,2-5,7-9H2,1H3;. The Kier molecular flexibility index (Phi) is 2.69. The van der Waals surface area contributed by atoms with Crippen molar-refractivity contribution in [3.8, 4) is 0 Å². The van der Waals surface area contributed by atoms with E-state index in [1.54, 1.807) is 0 Å². The number of allylic oxidation sites excluding steroid dienone is 4. The molecule has 0 heterocycles. The van der Waals surface area contributed by atoms with Crippen molar-refractivity contribution < 1.29 is 20.4 Å². The molecule has 3 aliphatic rings. The maximum absolute atomic E-state index is 2.46. The van der Waals surface area contributed by atoms with Crippen LogP contribution in [0.4, 0.5) is 0 Å². The summed E-state index contributed by atoms with van der Waals surface area (Å²) in [6.45, 7) is 2.46. The van der Waals surface area contributed by atoms with E-state index in [4.69, 9.17) is 0 Å². The third-order valence-electron chi connectivity index (χ3n) is 4.51. The molecule has 0 aromatic rings. The molecule has 0 saturated heterocycles. The Bertz CT molecular complexity index is 348. The van der Waals surface area contributed by atoms with Gasteiger partial charge >= 0.3 is 105 Å². The van der Waals surface area contributed by atoms with E-state index in [0.717, 1.165) is 10.1 Å². The minimum atomic E-state index is 0.811. The molecule has 2 atom stereocenters. The van der Waals surface area contributed by atoms with E-state index in [2.05, 4.69) is 27.4 Å². The summed E-state index contributed by atoms with van der Waals surface area (Å²) in [6.07, 6.45) is 9.94. The molecule has 3 aliphatic carbocycles. The molecule has 0 fully saturated rings. The van der Waals surface area contributed by atoms with Crippen LogP contribution in [-0.2, 0) is 20.4 Å². The molecule has 79 valence electrons. The van der Waals surface area contributed by atoms with Gasteiger partial charge in [0, 0.05) is 0 Å². The van der Waals surface area contributed by atoms with E-state index in [-0.39, 0.29) is 0 Å². The zero-order valence-electron chi connectivity index (χ0n) is 9.60. The van der Waals surface area contributed by atoms with Crippen molar-refractivity contribution in [2.24, 2.45) is 5.92 Å². The van der Waals surface area contributed by atoms with Gasteiger partial charge in [0.2, 0.25) is 0 Å².